The van der Waals surface area contributed by atoms with Crippen LogP contribution in [-0.2, 0) is 25.2 Å². The fourth-order valence-electron chi connectivity index (χ4n) is 4.51. The van der Waals surface area contributed by atoms with Crippen molar-refractivity contribution in [3.8, 4) is 5.75 Å². The molecule has 6 nitrogen and oxygen atoms in total. The Morgan fingerprint density at radius 3 is 2.03 bits per heavy atom. The molecule has 0 saturated carbocycles. The van der Waals surface area contributed by atoms with Crippen LogP contribution in [0.4, 0.5) is 0 Å². The van der Waals surface area contributed by atoms with E-state index in [9.17, 15) is 14.7 Å². The van der Waals surface area contributed by atoms with Crippen molar-refractivity contribution in [3.63, 3.8) is 0 Å². The molecule has 1 amide bonds. The highest BCUT2D eigenvalue weighted by atomic mass is 16.5. The van der Waals surface area contributed by atoms with E-state index in [1.807, 2.05) is 36.4 Å². The molecule has 1 N–H and O–H groups in total. The lowest BCUT2D eigenvalue weighted by atomic mass is 9.84. The number of hydrogen-bond donors (Lipinski definition) is 1. The van der Waals surface area contributed by atoms with Crippen LogP contribution in [0.3, 0.4) is 0 Å². The van der Waals surface area contributed by atoms with Crippen molar-refractivity contribution in [2.24, 2.45) is 0 Å². The number of benzene rings is 2. The van der Waals surface area contributed by atoms with E-state index >= 15 is 0 Å². The number of ether oxygens (including phenoxy) is 2. The van der Waals surface area contributed by atoms with Gasteiger partial charge in [-0.1, -0.05) is 71.9 Å². The molecule has 0 aromatic heterocycles. The average Bonchev–Trinajstić information content (AvgIpc) is 3.07. The zero-order valence-corrected chi connectivity index (χ0v) is 22.8. The minimum Gasteiger partial charge on any atom is -0.507 e. The van der Waals surface area contributed by atoms with Crippen molar-refractivity contribution in [1.29, 1.82) is 0 Å². The van der Waals surface area contributed by atoms with Crippen molar-refractivity contribution in [1.82, 2.24) is 4.90 Å². The molecule has 0 bridgehead atoms. The highest BCUT2D eigenvalue weighted by Gasteiger charge is 2.46. The van der Waals surface area contributed by atoms with Gasteiger partial charge in [0.1, 0.15) is 11.5 Å². The van der Waals surface area contributed by atoms with E-state index in [4.69, 9.17) is 9.47 Å². The van der Waals surface area contributed by atoms with Gasteiger partial charge in [-0.25, -0.2) is 0 Å². The Bertz CT molecular complexity index is 1150. The maximum absolute atomic E-state index is 13.4. The Labute approximate surface area is 214 Å². The number of carbonyl (C=O) groups excluding carboxylic acids is 2. The molecular weight excluding hydrogens is 454 g/mol. The van der Waals surface area contributed by atoms with E-state index in [0.29, 0.717) is 30.9 Å². The molecule has 1 atom stereocenters. The summed E-state index contributed by atoms with van der Waals surface area (Å²) in [7, 11) is 3.13. The molecule has 3 rings (SSSR count). The molecule has 0 radical (unpaired) electrons. The zero-order chi connectivity index (χ0) is 26.8. The lowest BCUT2D eigenvalue weighted by Gasteiger charge is -2.27. The third-order valence-electron chi connectivity index (χ3n) is 6.70. The van der Waals surface area contributed by atoms with Crippen LogP contribution in [0.15, 0.2) is 48.0 Å². The van der Waals surface area contributed by atoms with Gasteiger partial charge < -0.3 is 19.5 Å². The van der Waals surface area contributed by atoms with E-state index in [1.165, 1.54) is 7.11 Å². The standard InChI is InChI=1S/C30H39NO5/c1-29(2,3)20-12-10-19(11-13-20)25-24(27(33)28(34)31(25)16-9-17-35-7)26(32)22-18-21(30(4,5)6)14-15-23(22)36-8/h10-15,18,25,32H,9,16-17H2,1-8H3/b26-24+. The normalized spacial score (nSPS) is 18.1. The van der Waals surface area contributed by atoms with Gasteiger partial charge in [0.05, 0.1) is 24.3 Å². The molecule has 1 aliphatic heterocycles. The summed E-state index contributed by atoms with van der Waals surface area (Å²) in [5, 5.41) is 11.6. The molecule has 2 aromatic carbocycles. The number of aliphatic hydroxyl groups is 1. The molecule has 1 heterocycles. The summed E-state index contributed by atoms with van der Waals surface area (Å²) in [5.74, 6) is -1.11. The lowest BCUT2D eigenvalue weighted by molar-refractivity contribution is -0.140. The second kappa shape index (κ2) is 10.5. The number of methoxy groups -OCH3 is 2. The van der Waals surface area contributed by atoms with Gasteiger partial charge >= 0.3 is 0 Å². The maximum Gasteiger partial charge on any atom is 0.295 e. The lowest BCUT2D eigenvalue weighted by Crippen LogP contribution is -2.31. The van der Waals surface area contributed by atoms with Gasteiger partial charge in [0.2, 0.25) is 0 Å². The monoisotopic (exact) mass is 493 g/mol. The second-order valence-corrected chi connectivity index (χ2v) is 11.4. The highest BCUT2D eigenvalue weighted by Crippen LogP contribution is 2.42. The largest absolute Gasteiger partial charge is 0.507 e. The Hall–Kier alpha value is -3.12. The van der Waals surface area contributed by atoms with Gasteiger partial charge in [0.15, 0.2) is 0 Å². The number of Topliss-reactive ketones (excluding diaryl/α,β-unsaturated/α-hetero) is 1. The minimum atomic E-state index is -0.709. The minimum absolute atomic E-state index is 0.0421. The molecular formula is C30H39NO5. The SMILES string of the molecule is COCCCN1C(=O)C(=O)/C(=C(/O)c2cc(C(C)(C)C)ccc2OC)C1c1ccc(C(C)(C)C)cc1. The summed E-state index contributed by atoms with van der Waals surface area (Å²) in [6.07, 6.45) is 0.572. The first-order valence-corrected chi connectivity index (χ1v) is 12.4. The molecule has 1 saturated heterocycles. The van der Waals surface area contributed by atoms with E-state index in [0.717, 1.165) is 16.7 Å². The van der Waals surface area contributed by atoms with E-state index in [2.05, 4.69) is 41.5 Å². The molecule has 1 aliphatic rings. The molecule has 6 heteroatoms. The number of ketones is 1. The number of likely N-dealkylation sites (tertiary alicyclic amines) is 1. The summed E-state index contributed by atoms with van der Waals surface area (Å²) in [5.41, 5.74) is 3.14. The second-order valence-electron chi connectivity index (χ2n) is 11.4. The number of aliphatic hydroxyl groups excluding tert-OH is 1. The first-order valence-electron chi connectivity index (χ1n) is 12.4. The number of carbonyl (C=O) groups is 2. The summed E-state index contributed by atoms with van der Waals surface area (Å²) >= 11 is 0. The number of nitrogens with zero attached hydrogens (tertiary/aromatic N) is 1. The van der Waals surface area contributed by atoms with Crippen molar-refractivity contribution in [2.45, 2.75) is 64.8 Å². The van der Waals surface area contributed by atoms with Gasteiger partial charge in [-0.3, -0.25) is 9.59 Å². The highest BCUT2D eigenvalue weighted by molar-refractivity contribution is 6.46. The van der Waals surface area contributed by atoms with Crippen LogP contribution in [0.1, 0.15) is 76.3 Å². The Morgan fingerprint density at radius 2 is 1.50 bits per heavy atom. The van der Waals surface area contributed by atoms with Crippen LogP contribution in [-0.4, -0.2) is 49.1 Å². The smallest absolute Gasteiger partial charge is 0.295 e. The van der Waals surface area contributed by atoms with Gasteiger partial charge in [-0.05, 0) is 46.1 Å². The van der Waals surface area contributed by atoms with Crippen LogP contribution in [0.25, 0.3) is 5.76 Å². The number of hydrogen-bond acceptors (Lipinski definition) is 5. The van der Waals surface area contributed by atoms with Crippen molar-refractivity contribution < 1.29 is 24.2 Å². The Balaban J connectivity index is 2.22. The van der Waals surface area contributed by atoms with Crippen LogP contribution < -0.4 is 4.74 Å². The predicted molar refractivity (Wildman–Crippen MR) is 142 cm³/mol. The summed E-state index contributed by atoms with van der Waals surface area (Å²) in [6.45, 7) is 13.4. The van der Waals surface area contributed by atoms with E-state index < -0.39 is 17.7 Å². The van der Waals surface area contributed by atoms with Crippen molar-refractivity contribution in [3.05, 3.63) is 70.3 Å². The number of amides is 1. The molecule has 0 spiro atoms. The van der Waals surface area contributed by atoms with E-state index in [1.54, 1.807) is 18.1 Å². The topological polar surface area (TPSA) is 76.1 Å². The quantitative estimate of drug-likeness (QED) is 0.230. The number of rotatable bonds is 7. The first-order chi connectivity index (χ1) is 16.8. The Morgan fingerprint density at radius 1 is 0.917 bits per heavy atom. The molecule has 1 unspecified atom stereocenters. The molecule has 2 aromatic rings. The molecule has 0 aliphatic carbocycles. The summed E-state index contributed by atoms with van der Waals surface area (Å²) < 4.78 is 10.7. The zero-order valence-electron chi connectivity index (χ0n) is 22.8. The summed E-state index contributed by atoms with van der Waals surface area (Å²) in [6, 6.07) is 12.8. The van der Waals surface area contributed by atoms with Gasteiger partial charge in [0, 0.05) is 20.3 Å². The fourth-order valence-corrected chi connectivity index (χ4v) is 4.51. The average molecular weight is 494 g/mol. The third-order valence-corrected chi connectivity index (χ3v) is 6.70. The maximum atomic E-state index is 13.4. The fraction of sp³-hybridized carbons (Fsp3) is 0.467. The first kappa shape index (κ1) is 27.5. The van der Waals surface area contributed by atoms with E-state index in [-0.39, 0.29) is 22.2 Å². The molecule has 1 fully saturated rings. The van der Waals surface area contributed by atoms with Crippen molar-refractivity contribution >= 4 is 17.4 Å². The van der Waals surface area contributed by atoms with Crippen LogP contribution in [0, 0.1) is 0 Å². The predicted octanol–water partition coefficient (Wildman–Crippen LogP) is 5.75. The van der Waals surface area contributed by atoms with Crippen LogP contribution >= 0.6 is 0 Å². The van der Waals surface area contributed by atoms with Gasteiger partial charge in [-0.15, -0.1) is 0 Å². The summed E-state index contributed by atoms with van der Waals surface area (Å²) in [4.78, 5) is 28.1. The molecule has 36 heavy (non-hydrogen) atoms. The Kier molecular flexibility index (Phi) is 7.99. The third kappa shape index (κ3) is 5.49. The van der Waals surface area contributed by atoms with Crippen molar-refractivity contribution in [2.75, 3.05) is 27.4 Å². The molecule has 194 valence electrons. The van der Waals surface area contributed by atoms with Crippen LogP contribution in [0.2, 0.25) is 0 Å². The van der Waals surface area contributed by atoms with Gasteiger partial charge in [0.25, 0.3) is 11.7 Å². The van der Waals surface area contributed by atoms with Crippen LogP contribution in [0.5, 0.6) is 5.75 Å². The van der Waals surface area contributed by atoms with Gasteiger partial charge in [-0.2, -0.15) is 0 Å².